The molecule has 0 aromatic heterocycles. The molecule has 28 heavy (non-hydrogen) atoms. The Morgan fingerprint density at radius 2 is 1.61 bits per heavy atom. The van der Waals surface area contributed by atoms with Gasteiger partial charge in [0.05, 0.1) is 6.42 Å². The Morgan fingerprint density at radius 3 is 2.18 bits per heavy atom. The summed E-state index contributed by atoms with van der Waals surface area (Å²) in [5.74, 6) is -1.19. The van der Waals surface area contributed by atoms with Crippen LogP contribution in [0.5, 0.6) is 5.75 Å². The number of para-hydroxylation sites is 1. The summed E-state index contributed by atoms with van der Waals surface area (Å²) in [6.07, 6.45) is -6.21. The number of alkyl halides is 3. The third-order valence-corrected chi connectivity index (χ3v) is 3.80. The molecule has 3 N–H and O–H groups in total. The van der Waals surface area contributed by atoms with Gasteiger partial charge in [-0.15, -0.1) is 0 Å². The number of hydrogen-bond acceptors (Lipinski definition) is 4. The molecular weight excluding hydrogens is 377 g/mol. The monoisotopic (exact) mass is 396 g/mol. The van der Waals surface area contributed by atoms with Crippen molar-refractivity contribution in [2.45, 2.75) is 31.7 Å². The van der Waals surface area contributed by atoms with Crippen molar-refractivity contribution in [3.05, 3.63) is 65.7 Å². The van der Waals surface area contributed by atoms with E-state index in [4.69, 9.17) is 4.74 Å². The molecule has 0 saturated heterocycles. The first kappa shape index (κ1) is 21.2. The smallest absolute Gasteiger partial charge is 0.417 e. The Labute approximate surface area is 159 Å². The van der Waals surface area contributed by atoms with Crippen LogP contribution < -0.4 is 15.6 Å². The molecule has 2 aromatic carbocycles. The fourth-order valence-corrected chi connectivity index (χ4v) is 2.09. The summed E-state index contributed by atoms with van der Waals surface area (Å²) in [5, 5.41) is 9.26. The highest BCUT2D eigenvalue weighted by molar-refractivity contribution is 5.95. The van der Waals surface area contributed by atoms with Crippen LogP contribution in [0, 0.1) is 0 Å². The summed E-state index contributed by atoms with van der Waals surface area (Å²) in [7, 11) is 0. The molecule has 150 valence electrons. The van der Waals surface area contributed by atoms with Gasteiger partial charge in [-0.1, -0.05) is 30.3 Å². The third-order valence-electron chi connectivity index (χ3n) is 3.80. The maximum absolute atomic E-state index is 12.5. The van der Waals surface area contributed by atoms with Crippen LogP contribution in [0.4, 0.5) is 13.2 Å². The number of ether oxygens (including phenoxy) is 1. The zero-order valence-electron chi connectivity index (χ0n) is 14.9. The van der Waals surface area contributed by atoms with Crippen LogP contribution in [0.3, 0.4) is 0 Å². The Kier molecular flexibility index (Phi) is 6.63. The molecule has 6 nitrogen and oxygen atoms in total. The van der Waals surface area contributed by atoms with Crippen LogP contribution in [0.1, 0.15) is 29.3 Å². The molecule has 2 amide bonds. The molecule has 0 aliphatic rings. The van der Waals surface area contributed by atoms with E-state index in [0.29, 0.717) is 12.7 Å². The van der Waals surface area contributed by atoms with E-state index in [-0.39, 0.29) is 12.2 Å². The molecule has 0 unspecified atom stereocenters. The molecular formula is C19H19F3N2O4. The van der Waals surface area contributed by atoms with Crippen LogP contribution >= 0.6 is 0 Å². The molecule has 2 rings (SSSR count). The highest BCUT2D eigenvalue weighted by Crippen LogP contribution is 2.32. The van der Waals surface area contributed by atoms with Gasteiger partial charge in [0, 0.05) is 5.56 Å². The standard InChI is InChI=1S/C19H19F3N2O4/c1-18(27,19(20,21)22)11-16(25)23-24-17(26)14-9-7-13(8-10-14)12-28-15-5-3-2-4-6-15/h2-10,27H,11-12H2,1H3,(H,23,25)(H,24,26)/t18-/m1/s1. The number of carbonyl (C=O) groups excluding carboxylic acids is 2. The fourth-order valence-electron chi connectivity index (χ4n) is 2.09. The van der Waals surface area contributed by atoms with Crippen molar-refractivity contribution in [1.82, 2.24) is 10.9 Å². The third kappa shape index (κ3) is 5.98. The zero-order valence-corrected chi connectivity index (χ0v) is 14.9. The Bertz CT molecular complexity index is 806. The first-order valence-electron chi connectivity index (χ1n) is 8.23. The summed E-state index contributed by atoms with van der Waals surface area (Å²) >= 11 is 0. The summed E-state index contributed by atoms with van der Waals surface area (Å²) in [5.41, 5.74) is 1.64. The lowest BCUT2D eigenvalue weighted by molar-refractivity contribution is -0.253. The van der Waals surface area contributed by atoms with Gasteiger partial charge >= 0.3 is 6.18 Å². The Hall–Kier alpha value is -3.07. The van der Waals surface area contributed by atoms with E-state index in [0.717, 1.165) is 5.56 Å². The number of carbonyl (C=O) groups is 2. The summed E-state index contributed by atoms with van der Waals surface area (Å²) < 4.78 is 43.2. The van der Waals surface area contributed by atoms with Crippen molar-refractivity contribution < 1.29 is 32.6 Å². The number of aliphatic hydroxyl groups is 1. The molecule has 2 aromatic rings. The van der Waals surface area contributed by atoms with E-state index in [1.807, 2.05) is 29.1 Å². The number of amides is 2. The minimum Gasteiger partial charge on any atom is -0.489 e. The van der Waals surface area contributed by atoms with Gasteiger partial charge in [-0.2, -0.15) is 13.2 Å². The van der Waals surface area contributed by atoms with E-state index in [9.17, 15) is 27.9 Å². The Morgan fingerprint density at radius 1 is 1.00 bits per heavy atom. The maximum atomic E-state index is 12.5. The molecule has 1 atom stereocenters. The maximum Gasteiger partial charge on any atom is 0.417 e. The van der Waals surface area contributed by atoms with E-state index in [1.165, 1.54) is 12.1 Å². The second kappa shape index (κ2) is 8.75. The highest BCUT2D eigenvalue weighted by atomic mass is 19.4. The number of hydrogen-bond donors (Lipinski definition) is 3. The van der Waals surface area contributed by atoms with Gasteiger partial charge in [-0.05, 0) is 36.8 Å². The average Bonchev–Trinajstić information content (AvgIpc) is 2.64. The van der Waals surface area contributed by atoms with Crippen molar-refractivity contribution in [2.75, 3.05) is 0 Å². The van der Waals surface area contributed by atoms with Crippen molar-refractivity contribution in [2.24, 2.45) is 0 Å². The minimum absolute atomic E-state index is 0.186. The summed E-state index contributed by atoms with van der Waals surface area (Å²) in [4.78, 5) is 23.5. The van der Waals surface area contributed by atoms with Crippen molar-refractivity contribution in [1.29, 1.82) is 0 Å². The number of benzene rings is 2. The van der Waals surface area contributed by atoms with Gasteiger partial charge in [0.2, 0.25) is 5.91 Å². The molecule has 9 heteroatoms. The van der Waals surface area contributed by atoms with Crippen LogP contribution in [0.15, 0.2) is 54.6 Å². The molecule has 0 aliphatic heterocycles. The molecule has 0 bridgehead atoms. The predicted molar refractivity (Wildman–Crippen MR) is 94.1 cm³/mol. The lowest BCUT2D eigenvalue weighted by Gasteiger charge is -2.25. The first-order valence-corrected chi connectivity index (χ1v) is 8.23. The molecule has 0 aliphatic carbocycles. The average molecular weight is 396 g/mol. The van der Waals surface area contributed by atoms with Gasteiger partial charge in [-0.3, -0.25) is 20.4 Å². The quantitative estimate of drug-likeness (QED) is 0.656. The second-order valence-electron chi connectivity index (χ2n) is 6.25. The van der Waals surface area contributed by atoms with Gasteiger partial charge < -0.3 is 9.84 Å². The topological polar surface area (TPSA) is 87.7 Å². The van der Waals surface area contributed by atoms with Gasteiger partial charge in [0.25, 0.3) is 5.91 Å². The van der Waals surface area contributed by atoms with E-state index in [1.54, 1.807) is 24.3 Å². The van der Waals surface area contributed by atoms with Crippen LogP contribution in [0.2, 0.25) is 0 Å². The van der Waals surface area contributed by atoms with Crippen molar-refractivity contribution >= 4 is 11.8 Å². The van der Waals surface area contributed by atoms with E-state index in [2.05, 4.69) is 0 Å². The highest BCUT2D eigenvalue weighted by Gasteiger charge is 2.51. The second-order valence-corrected chi connectivity index (χ2v) is 6.25. The molecule has 0 fully saturated rings. The van der Waals surface area contributed by atoms with Crippen molar-refractivity contribution in [3.63, 3.8) is 0 Å². The molecule has 0 saturated carbocycles. The SMILES string of the molecule is C[C@@](O)(CC(=O)NNC(=O)c1ccc(COc2ccccc2)cc1)C(F)(F)F. The number of hydrazine groups is 1. The number of rotatable bonds is 6. The van der Waals surface area contributed by atoms with Gasteiger partial charge in [-0.25, -0.2) is 0 Å². The van der Waals surface area contributed by atoms with Crippen molar-refractivity contribution in [3.8, 4) is 5.75 Å². The number of halogens is 3. The Balaban J connectivity index is 1.83. The fraction of sp³-hybridized carbons (Fsp3) is 0.263. The lowest BCUT2D eigenvalue weighted by Crippen LogP contribution is -2.49. The minimum atomic E-state index is -4.97. The molecule has 0 radical (unpaired) electrons. The summed E-state index contributed by atoms with van der Waals surface area (Å²) in [6, 6.07) is 15.4. The van der Waals surface area contributed by atoms with Crippen LogP contribution in [-0.4, -0.2) is 28.7 Å². The number of nitrogens with one attached hydrogen (secondary N) is 2. The zero-order chi connectivity index (χ0) is 20.8. The normalized spacial score (nSPS) is 13.3. The van der Waals surface area contributed by atoms with Crippen LogP contribution in [0.25, 0.3) is 0 Å². The van der Waals surface area contributed by atoms with E-state index < -0.39 is 30.0 Å². The lowest BCUT2D eigenvalue weighted by atomic mass is 10.0. The summed E-state index contributed by atoms with van der Waals surface area (Å²) in [6.45, 7) is 0.764. The largest absolute Gasteiger partial charge is 0.489 e. The van der Waals surface area contributed by atoms with Gasteiger partial charge in [0.15, 0.2) is 5.60 Å². The molecule has 0 spiro atoms. The molecule has 0 heterocycles. The first-order chi connectivity index (χ1) is 13.1. The van der Waals surface area contributed by atoms with Gasteiger partial charge in [0.1, 0.15) is 12.4 Å². The van der Waals surface area contributed by atoms with E-state index >= 15 is 0 Å². The predicted octanol–water partition coefficient (Wildman–Crippen LogP) is 2.73. The van der Waals surface area contributed by atoms with Crippen LogP contribution in [-0.2, 0) is 11.4 Å².